The molecule has 142 valence electrons. The summed E-state index contributed by atoms with van der Waals surface area (Å²) in [6.07, 6.45) is 2.40. The Labute approximate surface area is 160 Å². The molecule has 1 heterocycles. The van der Waals surface area contributed by atoms with Gasteiger partial charge in [0, 0.05) is 12.1 Å². The maximum absolute atomic E-state index is 12.5. The van der Waals surface area contributed by atoms with Crippen molar-refractivity contribution >= 4 is 11.8 Å². The molecule has 2 aromatic carbocycles. The second-order valence-electron chi connectivity index (χ2n) is 7.00. The molecule has 0 saturated carbocycles. The van der Waals surface area contributed by atoms with Crippen molar-refractivity contribution in [3.8, 4) is 0 Å². The minimum absolute atomic E-state index is 0.0387. The van der Waals surface area contributed by atoms with Crippen molar-refractivity contribution in [1.29, 1.82) is 0 Å². The molecule has 1 fully saturated rings. The van der Waals surface area contributed by atoms with E-state index >= 15 is 0 Å². The summed E-state index contributed by atoms with van der Waals surface area (Å²) in [7, 11) is 0. The normalized spacial score (nSPS) is 17.3. The minimum Gasteiger partial charge on any atom is -0.356 e. The third kappa shape index (κ3) is 5.93. The SMILES string of the molecule is O=C(CC(NC(=O)c1ccccc1)c1ccccc1)NCCC1CCNC1. The van der Waals surface area contributed by atoms with Crippen molar-refractivity contribution in [2.75, 3.05) is 19.6 Å². The van der Waals surface area contributed by atoms with Gasteiger partial charge in [0.2, 0.25) is 5.91 Å². The van der Waals surface area contributed by atoms with E-state index in [1.165, 1.54) is 6.42 Å². The van der Waals surface area contributed by atoms with Gasteiger partial charge in [-0.05, 0) is 49.5 Å². The van der Waals surface area contributed by atoms with Crippen LogP contribution in [0, 0.1) is 5.92 Å². The topological polar surface area (TPSA) is 70.2 Å². The highest BCUT2D eigenvalue weighted by atomic mass is 16.2. The summed E-state index contributed by atoms with van der Waals surface area (Å²) in [5.74, 6) is 0.436. The number of amides is 2. The Morgan fingerprint density at radius 3 is 2.41 bits per heavy atom. The van der Waals surface area contributed by atoms with Gasteiger partial charge in [0.15, 0.2) is 0 Å². The van der Waals surface area contributed by atoms with Gasteiger partial charge in [-0.3, -0.25) is 9.59 Å². The maximum Gasteiger partial charge on any atom is 0.251 e. The summed E-state index contributed by atoms with van der Waals surface area (Å²) >= 11 is 0. The first-order chi connectivity index (χ1) is 13.2. The predicted molar refractivity (Wildman–Crippen MR) is 106 cm³/mol. The van der Waals surface area contributed by atoms with Crippen molar-refractivity contribution in [1.82, 2.24) is 16.0 Å². The first-order valence-electron chi connectivity index (χ1n) is 9.60. The van der Waals surface area contributed by atoms with Crippen LogP contribution < -0.4 is 16.0 Å². The quantitative estimate of drug-likeness (QED) is 0.674. The number of carbonyl (C=O) groups excluding carboxylic acids is 2. The van der Waals surface area contributed by atoms with Gasteiger partial charge in [0.05, 0.1) is 12.5 Å². The summed E-state index contributed by atoms with van der Waals surface area (Å²) in [4.78, 5) is 25.0. The van der Waals surface area contributed by atoms with Crippen LogP contribution in [0.15, 0.2) is 60.7 Å². The lowest BCUT2D eigenvalue weighted by atomic mass is 10.0. The molecule has 2 aromatic rings. The van der Waals surface area contributed by atoms with Gasteiger partial charge < -0.3 is 16.0 Å². The lowest BCUT2D eigenvalue weighted by molar-refractivity contribution is -0.121. The van der Waals surface area contributed by atoms with E-state index in [9.17, 15) is 9.59 Å². The average molecular weight is 365 g/mol. The fraction of sp³-hybridized carbons (Fsp3) is 0.364. The molecule has 0 aliphatic carbocycles. The van der Waals surface area contributed by atoms with Crippen LogP contribution in [0.3, 0.4) is 0 Å². The van der Waals surface area contributed by atoms with Gasteiger partial charge in [-0.15, -0.1) is 0 Å². The maximum atomic E-state index is 12.5. The highest BCUT2D eigenvalue weighted by Crippen LogP contribution is 2.18. The third-order valence-corrected chi connectivity index (χ3v) is 4.97. The fourth-order valence-electron chi connectivity index (χ4n) is 3.40. The summed E-state index contributed by atoms with van der Waals surface area (Å²) in [5.41, 5.74) is 1.52. The van der Waals surface area contributed by atoms with Gasteiger partial charge in [-0.2, -0.15) is 0 Å². The number of hydrogen-bond acceptors (Lipinski definition) is 3. The van der Waals surface area contributed by atoms with Crippen molar-refractivity contribution in [2.45, 2.75) is 25.3 Å². The van der Waals surface area contributed by atoms with Gasteiger partial charge >= 0.3 is 0 Å². The van der Waals surface area contributed by atoms with E-state index in [0.29, 0.717) is 18.0 Å². The van der Waals surface area contributed by atoms with E-state index in [4.69, 9.17) is 0 Å². The Balaban J connectivity index is 1.58. The molecule has 2 amide bonds. The van der Waals surface area contributed by atoms with Crippen molar-refractivity contribution in [3.05, 3.63) is 71.8 Å². The molecule has 1 aliphatic heterocycles. The standard InChI is InChI=1S/C22H27N3O2/c26-21(24-14-12-17-11-13-23-16-17)15-20(18-7-3-1-4-8-18)25-22(27)19-9-5-2-6-10-19/h1-10,17,20,23H,11-16H2,(H,24,26)(H,25,27). The Hall–Kier alpha value is -2.66. The van der Waals surface area contributed by atoms with Crippen LogP contribution in [0.5, 0.6) is 0 Å². The van der Waals surface area contributed by atoms with Crippen LogP contribution >= 0.6 is 0 Å². The average Bonchev–Trinajstić information content (AvgIpc) is 3.22. The van der Waals surface area contributed by atoms with Gasteiger partial charge in [-0.1, -0.05) is 48.5 Å². The molecular formula is C22H27N3O2. The molecule has 5 heteroatoms. The molecule has 0 aromatic heterocycles. The van der Waals surface area contributed by atoms with Crippen LogP contribution in [-0.4, -0.2) is 31.4 Å². The summed E-state index contributed by atoms with van der Waals surface area (Å²) in [5, 5.41) is 9.35. The number of nitrogens with one attached hydrogen (secondary N) is 3. The lowest BCUT2D eigenvalue weighted by Crippen LogP contribution is -2.34. The summed E-state index contributed by atoms with van der Waals surface area (Å²) in [6.45, 7) is 2.79. The highest BCUT2D eigenvalue weighted by molar-refractivity contribution is 5.94. The van der Waals surface area contributed by atoms with E-state index < -0.39 is 0 Å². The molecule has 2 atom stereocenters. The molecule has 3 N–H and O–H groups in total. The zero-order chi connectivity index (χ0) is 18.9. The summed E-state index contributed by atoms with van der Waals surface area (Å²) in [6, 6.07) is 18.4. The Bertz CT molecular complexity index is 728. The molecule has 0 spiro atoms. The molecule has 1 aliphatic rings. The van der Waals surface area contributed by atoms with Crippen molar-refractivity contribution in [2.24, 2.45) is 5.92 Å². The third-order valence-electron chi connectivity index (χ3n) is 4.97. The second-order valence-corrected chi connectivity index (χ2v) is 7.00. The van der Waals surface area contributed by atoms with E-state index in [0.717, 1.165) is 25.1 Å². The molecule has 27 heavy (non-hydrogen) atoms. The first kappa shape index (κ1) is 19.1. The lowest BCUT2D eigenvalue weighted by Gasteiger charge is -2.19. The zero-order valence-electron chi connectivity index (χ0n) is 15.5. The minimum atomic E-state index is -0.355. The van der Waals surface area contributed by atoms with E-state index in [-0.39, 0.29) is 24.3 Å². The molecule has 0 bridgehead atoms. The van der Waals surface area contributed by atoms with Crippen LogP contribution in [0.2, 0.25) is 0 Å². The van der Waals surface area contributed by atoms with Crippen LogP contribution in [-0.2, 0) is 4.79 Å². The first-order valence-corrected chi connectivity index (χ1v) is 9.60. The molecular weight excluding hydrogens is 338 g/mol. The molecule has 2 unspecified atom stereocenters. The number of carbonyl (C=O) groups is 2. The van der Waals surface area contributed by atoms with Gasteiger partial charge in [0.1, 0.15) is 0 Å². The zero-order valence-corrected chi connectivity index (χ0v) is 15.5. The summed E-state index contributed by atoms with van der Waals surface area (Å²) < 4.78 is 0. The Kier molecular flexibility index (Phi) is 6.99. The van der Waals surface area contributed by atoms with Crippen molar-refractivity contribution in [3.63, 3.8) is 0 Å². The van der Waals surface area contributed by atoms with E-state index in [1.54, 1.807) is 12.1 Å². The number of benzene rings is 2. The molecule has 3 rings (SSSR count). The van der Waals surface area contributed by atoms with E-state index in [2.05, 4.69) is 16.0 Å². The molecule has 0 radical (unpaired) electrons. The second kappa shape index (κ2) is 9.88. The van der Waals surface area contributed by atoms with Crippen LogP contribution in [0.1, 0.15) is 41.2 Å². The van der Waals surface area contributed by atoms with Crippen LogP contribution in [0.25, 0.3) is 0 Å². The number of hydrogen-bond donors (Lipinski definition) is 3. The number of rotatable bonds is 8. The monoisotopic (exact) mass is 365 g/mol. The van der Waals surface area contributed by atoms with Gasteiger partial charge in [0.25, 0.3) is 5.91 Å². The smallest absolute Gasteiger partial charge is 0.251 e. The molecule has 5 nitrogen and oxygen atoms in total. The Morgan fingerprint density at radius 1 is 1.04 bits per heavy atom. The fourth-order valence-corrected chi connectivity index (χ4v) is 3.40. The predicted octanol–water partition coefficient (Wildman–Crippen LogP) is 2.66. The molecule has 1 saturated heterocycles. The van der Waals surface area contributed by atoms with Crippen molar-refractivity contribution < 1.29 is 9.59 Å². The van der Waals surface area contributed by atoms with E-state index in [1.807, 2.05) is 48.5 Å². The largest absolute Gasteiger partial charge is 0.356 e. The highest BCUT2D eigenvalue weighted by Gasteiger charge is 2.20. The Morgan fingerprint density at radius 2 is 1.74 bits per heavy atom. The van der Waals surface area contributed by atoms with Gasteiger partial charge in [-0.25, -0.2) is 0 Å². The van der Waals surface area contributed by atoms with Crippen LogP contribution in [0.4, 0.5) is 0 Å².